The van der Waals surface area contributed by atoms with E-state index >= 15 is 0 Å². The Morgan fingerprint density at radius 1 is 1.10 bits per heavy atom. The summed E-state index contributed by atoms with van der Waals surface area (Å²) < 4.78 is 42.1. The lowest BCUT2D eigenvalue weighted by Crippen LogP contribution is -2.30. The van der Waals surface area contributed by atoms with Crippen LogP contribution in [0.5, 0.6) is 0 Å². The second-order valence-electron chi connectivity index (χ2n) is 7.35. The molecule has 0 aliphatic carbocycles. The van der Waals surface area contributed by atoms with Crippen molar-refractivity contribution >= 4 is 11.6 Å². The van der Waals surface area contributed by atoms with Crippen LogP contribution in [0.4, 0.5) is 24.8 Å². The Morgan fingerprint density at radius 3 is 2.63 bits per heavy atom. The molecular weight excluding hydrogens is 395 g/mol. The first kappa shape index (κ1) is 20.3. The fourth-order valence-corrected chi connectivity index (χ4v) is 3.53. The van der Waals surface area contributed by atoms with Gasteiger partial charge in [-0.1, -0.05) is 12.1 Å². The van der Waals surface area contributed by atoms with Gasteiger partial charge in [0, 0.05) is 44.4 Å². The van der Waals surface area contributed by atoms with Crippen LogP contribution < -0.4 is 10.6 Å². The predicted molar refractivity (Wildman–Crippen MR) is 107 cm³/mol. The molecule has 7 nitrogen and oxygen atoms in total. The number of rotatable bonds is 4. The Morgan fingerprint density at radius 2 is 1.90 bits per heavy atom. The minimum absolute atomic E-state index is 0.0474. The second-order valence-corrected chi connectivity index (χ2v) is 7.35. The van der Waals surface area contributed by atoms with Crippen molar-refractivity contribution in [3.05, 3.63) is 53.5 Å². The van der Waals surface area contributed by atoms with Crippen molar-refractivity contribution in [2.24, 2.45) is 5.73 Å². The van der Waals surface area contributed by atoms with Gasteiger partial charge in [-0.15, -0.1) is 0 Å². The molecule has 30 heavy (non-hydrogen) atoms. The quantitative estimate of drug-likeness (QED) is 0.703. The Hall–Kier alpha value is -2.98. The topological polar surface area (TPSA) is 76.1 Å². The molecule has 0 fully saturated rings. The lowest BCUT2D eigenvalue weighted by Gasteiger charge is -2.22. The zero-order chi connectivity index (χ0) is 21.5. The van der Waals surface area contributed by atoms with E-state index in [2.05, 4.69) is 27.0 Å². The van der Waals surface area contributed by atoms with E-state index in [9.17, 15) is 13.2 Å². The van der Waals surface area contributed by atoms with Crippen LogP contribution in [-0.2, 0) is 25.8 Å². The fraction of sp³-hybridized carbons (Fsp3) is 0.350. The maximum absolute atomic E-state index is 13.4. The van der Waals surface area contributed by atoms with E-state index in [1.807, 2.05) is 17.8 Å². The van der Waals surface area contributed by atoms with Crippen LogP contribution in [0.15, 0.2) is 36.7 Å². The van der Waals surface area contributed by atoms with E-state index in [-0.39, 0.29) is 12.1 Å². The van der Waals surface area contributed by atoms with Gasteiger partial charge >= 0.3 is 6.18 Å². The summed E-state index contributed by atoms with van der Waals surface area (Å²) >= 11 is 0. The van der Waals surface area contributed by atoms with E-state index in [1.54, 1.807) is 17.0 Å². The zero-order valence-electron chi connectivity index (χ0n) is 16.7. The molecule has 0 radical (unpaired) electrons. The highest BCUT2D eigenvalue weighted by molar-refractivity contribution is 5.66. The van der Waals surface area contributed by atoms with Crippen LogP contribution >= 0.6 is 0 Å². The summed E-state index contributed by atoms with van der Waals surface area (Å²) in [7, 11) is 3.88. The van der Waals surface area contributed by atoms with Crippen molar-refractivity contribution in [2.45, 2.75) is 25.8 Å². The molecule has 3 heterocycles. The van der Waals surface area contributed by atoms with Crippen molar-refractivity contribution in [2.75, 3.05) is 25.5 Å². The summed E-state index contributed by atoms with van der Waals surface area (Å²) in [6, 6.07) is 7.72. The Kier molecular flexibility index (Phi) is 5.20. The van der Waals surface area contributed by atoms with Gasteiger partial charge in [-0.05, 0) is 18.7 Å². The van der Waals surface area contributed by atoms with Gasteiger partial charge in [0.15, 0.2) is 5.82 Å². The Bertz CT molecular complexity index is 1060. The molecule has 3 aromatic rings. The third-order valence-electron chi connectivity index (χ3n) is 5.25. The first-order valence-corrected chi connectivity index (χ1v) is 9.48. The molecule has 2 aromatic heterocycles. The SMILES string of the molecule is CN1CCn2nc(N(C)c3cc(-c4ccc(CN)c(C(F)(F)F)c4)ncn3)cc2C1. The van der Waals surface area contributed by atoms with Crippen LogP contribution in [0, 0.1) is 0 Å². The maximum atomic E-state index is 13.4. The number of nitrogens with two attached hydrogens (primary N) is 1. The highest BCUT2D eigenvalue weighted by atomic mass is 19.4. The molecule has 10 heteroatoms. The first-order chi connectivity index (χ1) is 14.3. The minimum atomic E-state index is -4.49. The number of likely N-dealkylation sites (N-methyl/N-ethyl adjacent to an activating group) is 1. The van der Waals surface area contributed by atoms with Crippen molar-refractivity contribution < 1.29 is 13.2 Å². The van der Waals surface area contributed by atoms with E-state index < -0.39 is 11.7 Å². The number of nitrogens with zero attached hydrogens (tertiary/aromatic N) is 6. The number of hydrogen-bond acceptors (Lipinski definition) is 6. The van der Waals surface area contributed by atoms with Crippen molar-refractivity contribution in [1.82, 2.24) is 24.6 Å². The highest BCUT2D eigenvalue weighted by Crippen LogP contribution is 2.35. The number of halogens is 3. The summed E-state index contributed by atoms with van der Waals surface area (Å²) in [6.45, 7) is 2.36. The molecular formula is C20H22F3N7. The zero-order valence-corrected chi connectivity index (χ0v) is 16.7. The van der Waals surface area contributed by atoms with Crippen molar-refractivity contribution in [1.29, 1.82) is 0 Å². The van der Waals surface area contributed by atoms with Gasteiger partial charge in [-0.25, -0.2) is 9.97 Å². The summed E-state index contributed by atoms with van der Waals surface area (Å²) in [4.78, 5) is 12.5. The number of hydrogen-bond donors (Lipinski definition) is 1. The molecule has 0 saturated heterocycles. The normalized spacial score (nSPS) is 14.6. The molecule has 1 aliphatic heterocycles. The first-order valence-electron chi connectivity index (χ1n) is 9.48. The third-order valence-corrected chi connectivity index (χ3v) is 5.25. The largest absolute Gasteiger partial charge is 0.416 e. The van der Waals surface area contributed by atoms with Crippen molar-refractivity contribution in [3.63, 3.8) is 0 Å². The number of aromatic nitrogens is 4. The van der Waals surface area contributed by atoms with Gasteiger partial charge in [0.2, 0.25) is 0 Å². The van der Waals surface area contributed by atoms with Crippen molar-refractivity contribution in [3.8, 4) is 11.3 Å². The molecule has 0 amide bonds. The Balaban J connectivity index is 1.66. The van der Waals surface area contributed by atoms with Crippen LogP contribution in [-0.4, -0.2) is 45.3 Å². The number of benzene rings is 1. The molecule has 0 bridgehead atoms. The van der Waals surface area contributed by atoms with E-state index in [0.717, 1.165) is 37.2 Å². The number of fused-ring (bicyclic) bond motifs is 1. The maximum Gasteiger partial charge on any atom is 0.416 e. The van der Waals surface area contributed by atoms with Gasteiger partial charge in [0.05, 0.1) is 23.5 Å². The highest BCUT2D eigenvalue weighted by Gasteiger charge is 2.33. The Labute approximate surface area is 171 Å². The summed E-state index contributed by atoms with van der Waals surface area (Å²) in [6.07, 6.45) is -3.14. The summed E-state index contributed by atoms with van der Waals surface area (Å²) in [5.41, 5.74) is 6.62. The van der Waals surface area contributed by atoms with Gasteiger partial charge in [0.25, 0.3) is 0 Å². The van der Waals surface area contributed by atoms with E-state index in [1.165, 1.54) is 12.4 Å². The molecule has 4 rings (SSSR count). The lowest BCUT2D eigenvalue weighted by molar-refractivity contribution is -0.138. The standard InChI is InChI=1S/C20H22F3N7/c1-28-5-6-30-15(11-28)8-19(27-30)29(2)18-9-17(25-12-26-18)13-3-4-14(10-24)16(7-13)20(21,22)23/h3-4,7-9,12H,5-6,10-11,24H2,1-2H3. The summed E-state index contributed by atoms with van der Waals surface area (Å²) in [5, 5.41) is 4.63. The number of anilines is 2. The monoisotopic (exact) mass is 417 g/mol. The molecule has 0 saturated carbocycles. The number of alkyl halides is 3. The summed E-state index contributed by atoms with van der Waals surface area (Å²) in [5.74, 6) is 1.26. The molecule has 0 atom stereocenters. The smallest absolute Gasteiger partial charge is 0.326 e. The predicted octanol–water partition coefficient (Wildman–Crippen LogP) is 3.03. The minimum Gasteiger partial charge on any atom is -0.326 e. The van der Waals surface area contributed by atoms with E-state index in [0.29, 0.717) is 17.1 Å². The fourth-order valence-electron chi connectivity index (χ4n) is 3.53. The van der Waals surface area contributed by atoms with Crippen LogP contribution in [0.1, 0.15) is 16.8 Å². The average molecular weight is 417 g/mol. The molecule has 2 N–H and O–H groups in total. The van der Waals surface area contributed by atoms with Crippen LogP contribution in [0.3, 0.4) is 0 Å². The second kappa shape index (κ2) is 7.69. The average Bonchev–Trinajstić information content (AvgIpc) is 3.15. The van der Waals surface area contributed by atoms with Crippen LogP contribution in [0.25, 0.3) is 11.3 Å². The lowest BCUT2D eigenvalue weighted by atomic mass is 10.0. The van der Waals surface area contributed by atoms with Gasteiger partial charge < -0.3 is 10.6 Å². The van der Waals surface area contributed by atoms with E-state index in [4.69, 9.17) is 5.73 Å². The van der Waals surface area contributed by atoms with Gasteiger partial charge in [0.1, 0.15) is 12.1 Å². The molecule has 158 valence electrons. The molecule has 0 spiro atoms. The third kappa shape index (κ3) is 3.88. The van der Waals surface area contributed by atoms with Gasteiger partial charge in [-0.2, -0.15) is 18.3 Å². The van der Waals surface area contributed by atoms with Gasteiger partial charge in [-0.3, -0.25) is 9.58 Å². The van der Waals surface area contributed by atoms with Crippen LogP contribution in [0.2, 0.25) is 0 Å². The molecule has 1 aromatic carbocycles. The molecule has 1 aliphatic rings. The molecule has 0 unspecified atom stereocenters.